The average Bonchev–Trinajstić information content (AvgIpc) is 3.21. The molecule has 37 heavy (non-hydrogen) atoms. The Bertz CT molecular complexity index is 1570. The molecule has 1 amide bonds. The monoisotopic (exact) mass is 516 g/mol. The summed E-state index contributed by atoms with van der Waals surface area (Å²) in [4.78, 5) is 34.5. The third-order valence-electron chi connectivity index (χ3n) is 6.20. The highest BCUT2D eigenvalue weighted by atomic mass is 32.1. The van der Waals surface area contributed by atoms with Crippen molar-refractivity contribution >= 4 is 23.3 Å². The summed E-state index contributed by atoms with van der Waals surface area (Å²) in [5.41, 5.74) is 2.26. The number of carbonyl (C=O) groups is 1. The van der Waals surface area contributed by atoms with Gasteiger partial charge in [0.25, 0.3) is 11.5 Å². The summed E-state index contributed by atoms with van der Waals surface area (Å²) in [6.45, 7) is 6.69. The van der Waals surface area contributed by atoms with E-state index in [0.29, 0.717) is 50.8 Å². The molecule has 8 nitrogen and oxygen atoms in total. The maximum Gasteiger partial charge on any atom is 0.271 e. The second-order valence-corrected chi connectivity index (χ2v) is 9.33. The van der Waals surface area contributed by atoms with E-state index < -0.39 is 6.04 Å². The first-order valence-corrected chi connectivity index (χ1v) is 12.8. The van der Waals surface area contributed by atoms with Gasteiger partial charge in [0.15, 0.2) is 11.4 Å². The van der Waals surface area contributed by atoms with Gasteiger partial charge < -0.3 is 14.4 Å². The number of rotatable bonds is 8. The van der Waals surface area contributed by atoms with Crippen LogP contribution in [-0.4, -0.2) is 42.2 Å². The molecule has 2 aromatic carbocycles. The number of likely N-dealkylation sites (N-methyl/N-ethyl adjacent to an activating group) is 1. The number of hydrogen-bond donors (Lipinski definition) is 0. The van der Waals surface area contributed by atoms with E-state index in [1.807, 2.05) is 57.2 Å². The number of methoxy groups -OCH3 is 1. The topological polar surface area (TPSA) is 96.9 Å². The van der Waals surface area contributed by atoms with E-state index in [4.69, 9.17) is 19.7 Å². The largest absolute Gasteiger partial charge is 0.496 e. The summed E-state index contributed by atoms with van der Waals surface area (Å²) in [6, 6.07) is 15.9. The lowest BCUT2D eigenvalue weighted by Gasteiger charge is -2.29. The van der Waals surface area contributed by atoms with Crippen LogP contribution in [0.5, 0.6) is 11.5 Å². The zero-order chi connectivity index (χ0) is 26.5. The summed E-state index contributed by atoms with van der Waals surface area (Å²) in [7, 11) is 1.58. The van der Waals surface area contributed by atoms with Gasteiger partial charge in [-0.3, -0.25) is 14.2 Å². The molecule has 3 aromatic rings. The van der Waals surface area contributed by atoms with Crippen molar-refractivity contribution in [1.82, 2.24) is 9.47 Å². The van der Waals surface area contributed by atoms with Crippen molar-refractivity contribution in [2.45, 2.75) is 26.8 Å². The van der Waals surface area contributed by atoms with Gasteiger partial charge in [0.05, 0.1) is 22.9 Å². The highest BCUT2D eigenvalue weighted by Crippen LogP contribution is 2.36. The Morgan fingerprint density at radius 2 is 1.97 bits per heavy atom. The smallest absolute Gasteiger partial charge is 0.271 e. The molecule has 0 N–H and O–H groups in total. The second-order valence-electron chi connectivity index (χ2n) is 8.32. The van der Waals surface area contributed by atoms with E-state index in [1.54, 1.807) is 40.9 Å². The van der Waals surface area contributed by atoms with Gasteiger partial charge >= 0.3 is 0 Å². The van der Waals surface area contributed by atoms with Crippen molar-refractivity contribution in [2.75, 3.05) is 26.8 Å². The Hall–Kier alpha value is -4.16. The number of thiazole rings is 1. The van der Waals surface area contributed by atoms with Crippen LogP contribution in [0.4, 0.5) is 0 Å². The van der Waals surface area contributed by atoms with Crippen LogP contribution in [0.15, 0.2) is 69.6 Å². The van der Waals surface area contributed by atoms with Crippen LogP contribution < -0.4 is 24.4 Å². The molecular formula is C28H28N4O4S. The second kappa shape index (κ2) is 11.3. The minimum atomic E-state index is -0.687. The molecule has 0 spiro atoms. The van der Waals surface area contributed by atoms with Gasteiger partial charge in [0.1, 0.15) is 23.6 Å². The van der Waals surface area contributed by atoms with Crippen molar-refractivity contribution in [3.63, 3.8) is 0 Å². The number of nitrogens with zero attached hydrogens (tertiary/aromatic N) is 4. The molecule has 0 unspecified atom stereocenters. The average molecular weight is 517 g/mol. The van der Waals surface area contributed by atoms with Gasteiger partial charge in [0, 0.05) is 18.7 Å². The number of nitriles is 1. The number of fused-ring (bicyclic) bond motifs is 1. The number of carbonyl (C=O) groups excluding carboxylic acids is 1. The summed E-state index contributed by atoms with van der Waals surface area (Å²) in [5.74, 6) is 0.973. The lowest BCUT2D eigenvalue weighted by Crippen LogP contribution is -2.43. The summed E-state index contributed by atoms with van der Waals surface area (Å²) < 4.78 is 13.1. The number of benzene rings is 2. The SMILES string of the molecule is CCN(CC)C(=O)C1=C(C)N=c2s/c(=C/c3cccc(OCC#N)c3)c(=O)n2[C@H]1c1ccccc1OC. The number of aromatic nitrogens is 1. The zero-order valence-corrected chi connectivity index (χ0v) is 22.0. The van der Waals surface area contributed by atoms with Crippen LogP contribution in [-0.2, 0) is 4.79 Å². The Kier molecular flexibility index (Phi) is 7.89. The predicted octanol–water partition coefficient (Wildman–Crippen LogP) is 3.01. The fraction of sp³-hybridized carbons (Fsp3) is 0.286. The van der Waals surface area contributed by atoms with Crippen molar-refractivity contribution in [1.29, 1.82) is 5.26 Å². The molecule has 0 saturated carbocycles. The molecule has 2 heterocycles. The van der Waals surface area contributed by atoms with Gasteiger partial charge in [-0.05, 0) is 50.6 Å². The minimum absolute atomic E-state index is 0.0623. The van der Waals surface area contributed by atoms with Gasteiger partial charge in [-0.25, -0.2) is 4.99 Å². The van der Waals surface area contributed by atoms with Crippen molar-refractivity contribution in [2.24, 2.45) is 4.99 Å². The van der Waals surface area contributed by atoms with E-state index in [2.05, 4.69) is 0 Å². The first kappa shape index (κ1) is 25.9. The molecule has 0 fully saturated rings. The van der Waals surface area contributed by atoms with Gasteiger partial charge in [-0.2, -0.15) is 5.26 Å². The molecule has 0 radical (unpaired) electrons. The summed E-state index contributed by atoms with van der Waals surface area (Å²) in [6.07, 6.45) is 1.77. The van der Waals surface area contributed by atoms with E-state index in [-0.39, 0.29) is 18.1 Å². The molecule has 1 aliphatic rings. The van der Waals surface area contributed by atoms with Crippen molar-refractivity contribution in [3.05, 3.63) is 90.6 Å². The highest BCUT2D eigenvalue weighted by molar-refractivity contribution is 7.07. The Labute approximate surface area is 219 Å². The number of para-hydroxylation sites is 1. The molecule has 4 rings (SSSR count). The number of hydrogen-bond acceptors (Lipinski definition) is 7. The predicted molar refractivity (Wildman–Crippen MR) is 142 cm³/mol. The Balaban J connectivity index is 1.94. The first-order chi connectivity index (χ1) is 17.9. The molecule has 1 aliphatic heterocycles. The fourth-order valence-electron chi connectivity index (χ4n) is 4.42. The van der Waals surface area contributed by atoms with Crippen LogP contribution >= 0.6 is 11.3 Å². The van der Waals surface area contributed by atoms with Gasteiger partial charge in [-0.15, -0.1) is 0 Å². The van der Waals surface area contributed by atoms with Crippen LogP contribution in [0.1, 0.15) is 37.9 Å². The van der Waals surface area contributed by atoms with E-state index >= 15 is 0 Å². The zero-order valence-electron chi connectivity index (χ0n) is 21.2. The highest BCUT2D eigenvalue weighted by Gasteiger charge is 2.35. The molecule has 0 aliphatic carbocycles. The molecule has 0 saturated heterocycles. The standard InChI is InChI=1S/C28H28N4O4S/c1-5-31(6-2)27(34)24-18(3)30-28-32(25(24)21-12-7-8-13-22(21)35-4)26(33)23(37-28)17-19-10-9-11-20(16-19)36-15-14-29/h7-13,16-17,25H,5-6,15H2,1-4H3/b23-17+/t25-/m0/s1. The molecule has 0 bridgehead atoms. The van der Waals surface area contributed by atoms with E-state index in [9.17, 15) is 9.59 Å². The number of amides is 1. The van der Waals surface area contributed by atoms with Gasteiger partial charge in [-0.1, -0.05) is 41.7 Å². The van der Waals surface area contributed by atoms with Gasteiger partial charge in [0.2, 0.25) is 0 Å². The molecule has 190 valence electrons. The lowest BCUT2D eigenvalue weighted by atomic mass is 9.94. The van der Waals surface area contributed by atoms with Crippen LogP contribution in [0.3, 0.4) is 0 Å². The maximum atomic E-state index is 13.9. The quantitative estimate of drug-likeness (QED) is 0.459. The first-order valence-electron chi connectivity index (χ1n) is 12.0. The molecule has 9 heteroatoms. The van der Waals surface area contributed by atoms with Crippen molar-refractivity contribution < 1.29 is 14.3 Å². The summed E-state index contributed by atoms with van der Waals surface area (Å²) >= 11 is 1.26. The minimum Gasteiger partial charge on any atom is -0.496 e. The Morgan fingerprint density at radius 1 is 1.22 bits per heavy atom. The normalized spacial score (nSPS) is 15.0. The summed E-state index contributed by atoms with van der Waals surface area (Å²) in [5, 5.41) is 8.79. The number of allylic oxidation sites excluding steroid dienone is 1. The van der Waals surface area contributed by atoms with Crippen LogP contribution in [0, 0.1) is 11.3 Å². The third-order valence-corrected chi connectivity index (χ3v) is 7.18. The molecule has 1 aromatic heterocycles. The van der Waals surface area contributed by atoms with Crippen LogP contribution in [0.2, 0.25) is 0 Å². The Morgan fingerprint density at radius 3 is 2.68 bits per heavy atom. The third kappa shape index (κ3) is 5.06. The fourth-order valence-corrected chi connectivity index (χ4v) is 5.47. The lowest BCUT2D eigenvalue weighted by molar-refractivity contribution is -0.127. The van der Waals surface area contributed by atoms with Crippen molar-refractivity contribution in [3.8, 4) is 17.6 Å². The molecular weight excluding hydrogens is 488 g/mol. The maximum absolute atomic E-state index is 13.9. The van der Waals surface area contributed by atoms with Crippen LogP contribution in [0.25, 0.3) is 6.08 Å². The molecule has 1 atom stereocenters. The number of ether oxygens (including phenoxy) is 2. The van der Waals surface area contributed by atoms with E-state index in [0.717, 1.165) is 5.56 Å². The van der Waals surface area contributed by atoms with E-state index in [1.165, 1.54) is 11.3 Å².